The van der Waals surface area contributed by atoms with Gasteiger partial charge in [-0.25, -0.2) is 0 Å². The van der Waals surface area contributed by atoms with Crippen LogP contribution in [0.3, 0.4) is 0 Å². The number of nitrogen functional groups attached to an aromatic ring is 1. The second-order valence-electron chi connectivity index (χ2n) is 4.48. The fourth-order valence-electron chi connectivity index (χ4n) is 1.79. The Bertz CT molecular complexity index is 396. The summed E-state index contributed by atoms with van der Waals surface area (Å²) in [5.74, 6) is 0.627. The summed E-state index contributed by atoms with van der Waals surface area (Å²) in [5.41, 5.74) is 6.97. The van der Waals surface area contributed by atoms with E-state index in [1.807, 2.05) is 0 Å². The predicted octanol–water partition coefficient (Wildman–Crippen LogP) is 3.88. The minimum absolute atomic E-state index is 0.585. The highest BCUT2D eigenvalue weighted by Gasteiger charge is 2.01. The van der Waals surface area contributed by atoms with E-state index in [0.29, 0.717) is 23.6 Å². The largest absolute Gasteiger partial charge is 0.491 e. The molecule has 0 heterocycles. The first kappa shape index (κ1) is 14.4. The molecule has 0 saturated carbocycles. The van der Waals surface area contributed by atoms with Crippen molar-refractivity contribution in [1.29, 1.82) is 5.26 Å². The molecule has 0 spiro atoms. The second kappa shape index (κ2) is 8.41. The maximum Gasteiger partial charge on any atom is 0.143 e. The van der Waals surface area contributed by atoms with Gasteiger partial charge in [-0.15, -0.1) is 0 Å². The normalized spacial score (nSPS) is 10.0. The van der Waals surface area contributed by atoms with Crippen LogP contribution in [0.2, 0.25) is 0 Å². The fourth-order valence-corrected chi connectivity index (χ4v) is 1.79. The molecule has 1 rings (SSSR count). The fraction of sp³-hybridized carbons (Fsp3) is 0.533. The third kappa shape index (κ3) is 5.09. The molecule has 0 aromatic heterocycles. The lowest BCUT2D eigenvalue weighted by atomic mass is 10.1. The highest BCUT2D eigenvalue weighted by atomic mass is 16.5. The molecule has 0 aliphatic heterocycles. The average molecular weight is 246 g/mol. The Balaban J connectivity index is 2.25. The summed E-state index contributed by atoms with van der Waals surface area (Å²) in [6.07, 6.45) is 7.40. The van der Waals surface area contributed by atoms with Crippen LogP contribution in [0.1, 0.15) is 51.0 Å². The lowest BCUT2D eigenvalue weighted by Crippen LogP contribution is -2.00. The summed E-state index contributed by atoms with van der Waals surface area (Å²) in [6.45, 7) is 2.89. The topological polar surface area (TPSA) is 59.0 Å². The maximum absolute atomic E-state index is 8.80. The molecule has 0 aliphatic carbocycles. The number of rotatable bonds is 8. The third-order valence-electron chi connectivity index (χ3n) is 2.90. The zero-order valence-corrected chi connectivity index (χ0v) is 11.1. The SMILES string of the molecule is CCCCCCCCOc1cc(C#N)ccc1N. The number of hydrogen-bond donors (Lipinski definition) is 1. The molecule has 0 amide bonds. The minimum atomic E-state index is 0.585. The van der Waals surface area contributed by atoms with E-state index in [-0.39, 0.29) is 0 Å². The number of nitriles is 1. The van der Waals surface area contributed by atoms with Crippen LogP contribution in [-0.2, 0) is 0 Å². The number of hydrogen-bond acceptors (Lipinski definition) is 3. The van der Waals surface area contributed by atoms with Crippen LogP contribution in [0.15, 0.2) is 18.2 Å². The molecule has 0 saturated heterocycles. The van der Waals surface area contributed by atoms with Gasteiger partial charge in [-0.1, -0.05) is 39.0 Å². The summed E-state index contributed by atoms with van der Waals surface area (Å²) >= 11 is 0. The van der Waals surface area contributed by atoms with Gasteiger partial charge in [0.1, 0.15) is 5.75 Å². The molecule has 3 heteroatoms. The smallest absolute Gasteiger partial charge is 0.143 e. The molecule has 0 atom stereocenters. The standard InChI is InChI=1S/C15H22N2O/c1-2-3-4-5-6-7-10-18-15-11-13(12-16)8-9-14(15)17/h8-9,11H,2-7,10,17H2,1H3. The van der Waals surface area contributed by atoms with Crippen LogP contribution in [0, 0.1) is 11.3 Å². The van der Waals surface area contributed by atoms with E-state index in [1.54, 1.807) is 18.2 Å². The molecule has 0 unspecified atom stereocenters. The van der Waals surface area contributed by atoms with Gasteiger partial charge in [0.15, 0.2) is 0 Å². The molecule has 3 nitrogen and oxygen atoms in total. The first-order valence-corrected chi connectivity index (χ1v) is 6.70. The molecule has 2 N–H and O–H groups in total. The van der Waals surface area contributed by atoms with Crippen molar-refractivity contribution in [3.8, 4) is 11.8 Å². The molecular weight excluding hydrogens is 224 g/mol. The Morgan fingerprint density at radius 2 is 1.89 bits per heavy atom. The number of nitrogens with zero attached hydrogens (tertiary/aromatic N) is 1. The lowest BCUT2D eigenvalue weighted by molar-refractivity contribution is 0.306. The van der Waals surface area contributed by atoms with E-state index in [1.165, 1.54) is 32.1 Å². The zero-order chi connectivity index (χ0) is 13.2. The van der Waals surface area contributed by atoms with E-state index in [9.17, 15) is 0 Å². The molecule has 18 heavy (non-hydrogen) atoms. The van der Waals surface area contributed by atoms with Crippen LogP contribution in [0.25, 0.3) is 0 Å². The number of ether oxygens (including phenoxy) is 1. The van der Waals surface area contributed by atoms with Crippen molar-refractivity contribution in [2.75, 3.05) is 12.3 Å². The Morgan fingerprint density at radius 3 is 2.61 bits per heavy atom. The molecule has 98 valence electrons. The Hall–Kier alpha value is -1.69. The van der Waals surface area contributed by atoms with Crippen molar-refractivity contribution in [3.05, 3.63) is 23.8 Å². The van der Waals surface area contributed by atoms with Crippen molar-refractivity contribution < 1.29 is 4.74 Å². The molecule has 0 aliphatic rings. The molecular formula is C15H22N2O. The van der Waals surface area contributed by atoms with Crippen LogP contribution < -0.4 is 10.5 Å². The van der Waals surface area contributed by atoms with Crippen LogP contribution in [-0.4, -0.2) is 6.61 Å². The van der Waals surface area contributed by atoms with Crippen molar-refractivity contribution in [1.82, 2.24) is 0 Å². The monoisotopic (exact) mass is 246 g/mol. The molecule has 1 aromatic carbocycles. The Kier molecular flexibility index (Phi) is 6.71. The van der Waals surface area contributed by atoms with Crippen molar-refractivity contribution in [3.63, 3.8) is 0 Å². The second-order valence-corrected chi connectivity index (χ2v) is 4.48. The van der Waals surface area contributed by atoms with E-state index < -0.39 is 0 Å². The van der Waals surface area contributed by atoms with Gasteiger partial charge < -0.3 is 10.5 Å². The van der Waals surface area contributed by atoms with Gasteiger partial charge in [-0.2, -0.15) is 5.26 Å². The van der Waals surface area contributed by atoms with Crippen LogP contribution in [0.4, 0.5) is 5.69 Å². The van der Waals surface area contributed by atoms with E-state index >= 15 is 0 Å². The van der Waals surface area contributed by atoms with Gasteiger partial charge in [0.25, 0.3) is 0 Å². The van der Waals surface area contributed by atoms with E-state index in [4.69, 9.17) is 15.7 Å². The Morgan fingerprint density at radius 1 is 1.17 bits per heavy atom. The third-order valence-corrected chi connectivity index (χ3v) is 2.90. The van der Waals surface area contributed by atoms with Crippen molar-refractivity contribution in [2.24, 2.45) is 0 Å². The quantitative estimate of drug-likeness (QED) is 0.559. The number of nitrogens with two attached hydrogens (primary N) is 1. The summed E-state index contributed by atoms with van der Waals surface area (Å²) < 4.78 is 5.61. The zero-order valence-electron chi connectivity index (χ0n) is 11.1. The highest BCUT2D eigenvalue weighted by molar-refractivity contribution is 5.55. The first-order chi connectivity index (χ1) is 8.77. The van der Waals surface area contributed by atoms with Crippen molar-refractivity contribution >= 4 is 5.69 Å². The average Bonchev–Trinajstić information content (AvgIpc) is 2.39. The van der Waals surface area contributed by atoms with Gasteiger partial charge in [-0.05, 0) is 18.6 Å². The molecule has 0 bridgehead atoms. The van der Waals surface area contributed by atoms with E-state index in [2.05, 4.69) is 13.0 Å². The predicted molar refractivity (Wildman–Crippen MR) is 74.4 cm³/mol. The van der Waals surface area contributed by atoms with Gasteiger partial charge in [0, 0.05) is 6.07 Å². The van der Waals surface area contributed by atoms with Gasteiger partial charge >= 0.3 is 0 Å². The van der Waals surface area contributed by atoms with Gasteiger partial charge in [0.05, 0.1) is 23.9 Å². The summed E-state index contributed by atoms with van der Waals surface area (Å²) in [7, 11) is 0. The number of unbranched alkanes of at least 4 members (excludes halogenated alkanes) is 5. The lowest BCUT2D eigenvalue weighted by Gasteiger charge is -2.08. The molecule has 0 radical (unpaired) electrons. The van der Waals surface area contributed by atoms with Crippen LogP contribution in [0.5, 0.6) is 5.75 Å². The number of benzene rings is 1. The minimum Gasteiger partial charge on any atom is -0.491 e. The summed E-state index contributed by atoms with van der Waals surface area (Å²) in [5, 5.41) is 8.80. The van der Waals surface area contributed by atoms with E-state index in [0.717, 1.165) is 6.42 Å². The van der Waals surface area contributed by atoms with Crippen molar-refractivity contribution in [2.45, 2.75) is 45.4 Å². The van der Waals surface area contributed by atoms with Crippen LogP contribution >= 0.6 is 0 Å². The maximum atomic E-state index is 8.80. The number of anilines is 1. The highest BCUT2D eigenvalue weighted by Crippen LogP contribution is 2.22. The van der Waals surface area contributed by atoms with Gasteiger partial charge in [-0.3, -0.25) is 0 Å². The summed E-state index contributed by atoms with van der Waals surface area (Å²) in [6, 6.07) is 7.20. The van der Waals surface area contributed by atoms with Gasteiger partial charge in [0.2, 0.25) is 0 Å². The Labute approximate surface area is 110 Å². The molecule has 1 aromatic rings. The molecule has 0 fully saturated rings. The summed E-state index contributed by atoms with van der Waals surface area (Å²) in [4.78, 5) is 0. The first-order valence-electron chi connectivity index (χ1n) is 6.70.